The molecule has 1 aliphatic carbocycles. The average Bonchev–Trinajstić information content (AvgIpc) is 3.67. The predicted molar refractivity (Wildman–Crippen MR) is 175 cm³/mol. The number of aromatic carboxylic acids is 1. The fourth-order valence-corrected chi connectivity index (χ4v) is 5.64. The van der Waals surface area contributed by atoms with Gasteiger partial charge in [0.1, 0.15) is 18.1 Å². The molecule has 2 aromatic carbocycles. The van der Waals surface area contributed by atoms with E-state index < -0.39 is 29.4 Å². The first-order chi connectivity index (χ1) is 22.6. The number of hydrogen-bond donors (Lipinski definition) is 3. The Morgan fingerprint density at radius 3 is 2.60 bits per heavy atom. The number of rotatable bonds is 8. The second kappa shape index (κ2) is 15.8. The maximum Gasteiger partial charge on any atom is 0.354 e. The number of carbonyl (C=O) groups excluding carboxylic acids is 2. The summed E-state index contributed by atoms with van der Waals surface area (Å²) < 4.78 is 38.8. The molecule has 2 aliphatic rings. The van der Waals surface area contributed by atoms with Gasteiger partial charge in [0.25, 0.3) is 5.91 Å². The molecule has 4 aromatic rings. The molecule has 3 heterocycles. The fourth-order valence-electron chi connectivity index (χ4n) is 5.64. The zero-order valence-electron chi connectivity index (χ0n) is 26.1. The minimum atomic E-state index is -1.39. The summed E-state index contributed by atoms with van der Waals surface area (Å²) in [7, 11) is 0. The SMILES string of the molecule is C=CCOC(=O)c1ccc2c(c1C)CC[C@@H]2NC(=O)c1cc(C(=O)O)nc2c(F)cnn12.Cl.NCc1ccc(F)c(N2CCOCC2)c1. The van der Waals surface area contributed by atoms with Gasteiger partial charge < -0.3 is 30.5 Å². The van der Waals surface area contributed by atoms with Crippen LogP contribution in [0.3, 0.4) is 0 Å². The first kappa shape index (κ1) is 35.9. The molecule has 0 radical (unpaired) electrons. The second-order valence-corrected chi connectivity index (χ2v) is 10.9. The van der Waals surface area contributed by atoms with Crippen molar-refractivity contribution in [3.63, 3.8) is 0 Å². The zero-order chi connectivity index (χ0) is 33.7. The van der Waals surface area contributed by atoms with Gasteiger partial charge in [0.05, 0.1) is 36.7 Å². The fraction of sp³-hybridized carbons (Fsp3) is 0.303. The minimum Gasteiger partial charge on any atom is -0.477 e. The van der Waals surface area contributed by atoms with Crippen LogP contribution in [0.25, 0.3) is 5.65 Å². The van der Waals surface area contributed by atoms with Crippen molar-refractivity contribution < 1.29 is 37.7 Å². The van der Waals surface area contributed by atoms with E-state index in [1.807, 2.05) is 17.9 Å². The summed E-state index contributed by atoms with van der Waals surface area (Å²) in [6.07, 6.45) is 3.58. The van der Waals surface area contributed by atoms with Gasteiger partial charge in [-0.1, -0.05) is 24.8 Å². The number of anilines is 1. The van der Waals surface area contributed by atoms with Crippen molar-refractivity contribution >= 4 is 41.6 Å². The number of esters is 1. The van der Waals surface area contributed by atoms with E-state index in [1.54, 1.807) is 18.2 Å². The molecule has 12 nitrogen and oxygen atoms in total. The topological polar surface area (TPSA) is 161 Å². The molecule has 1 aliphatic heterocycles. The number of ether oxygens (including phenoxy) is 2. The quantitative estimate of drug-likeness (QED) is 0.181. The number of nitrogens with one attached hydrogen (secondary N) is 1. The van der Waals surface area contributed by atoms with E-state index in [9.17, 15) is 28.3 Å². The van der Waals surface area contributed by atoms with E-state index in [2.05, 4.69) is 22.0 Å². The first-order valence-electron chi connectivity index (χ1n) is 14.9. The lowest BCUT2D eigenvalue weighted by atomic mass is 9.98. The van der Waals surface area contributed by atoms with Gasteiger partial charge in [-0.15, -0.1) is 12.4 Å². The Morgan fingerprint density at radius 2 is 1.92 bits per heavy atom. The average molecular weight is 685 g/mol. The summed E-state index contributed by atoms with van der Waals surface area (Å²) >= 11 is 0. The number of carboxylic acid groups (broad SMARTS) is 1. The van der Waals surface area contributed by atoms with Crippen LogP contribution in [0.1, 0.15) is 66.1 Å². The van der Waals surface area contributed by atoms with Crippen molar-refractivity contribution in [3.8, 4) is 0 Å². The third-order valence-corrected chi connectivity index (χ3v) is 8.03. The molecule has 15 heteroatoms. The molecule has 1 amide bonds. The largest absolute Gasteiger partial charge is 0.477 e. The van der Waals surface area contributed by atoms with Crippen LogP contribution in [0.5, 0.6) is 0 Å². The highest BCUT2D eigenvalue weighted by atomic mass is 35.5. The van der Waals surface area contributed by atoms with Crippen LogP contribution in [0.15, 0.2) is 55.3 Å². The molecule has 254 valence electrons. The number of nitrogens with two attached hydrogens (primary N) is 1. The lowest BCUT2D eigenvalue weighted by Crippen LogP contribution is -2.36. The van der Waals surface area contributed by atoms with Crippen LogP contribution < -0.4 is 16.0 Å². The number of benzene rings is 2. The number of fused-ring (bicyclic) bond motifs is 2. The third kappa shape index (κ3) is 7.62. The Labute approximate surface area is 280 Å². The number of carboxylic acids is 1. The summed E-state index contributed by atoms with van der Waals surface area (Å²) in [6.45, 7) is 8.70. The number of halogens is 3. The molecule has 2 aromatic heterocycles. The minimum absolute atomic E-state index is 0. The standard InChI is InChI=1S/C22H19FN4O5.C11H15FN2O.ClH/c1-3-8-32-22(31)13-4-5-14-12(11(13)2)6-7-16(14)26-20(28)18-9-17(21(29)30)25-19-15(23)10-24-27(18)19;12-10-2-1-9(8-13)7-11(10)14-3-5-15-6-4-14;/h3-5,9-10,16H,1,6-8H2,2H3,(H,26,28)(H,29,30);1-2,7H,3-6,8,13H2;1H/t16-;;/m0../s1. The molecule has 1 atom stereocenters. The molecule has 4 N–H and O–H groups in total. The van der Waals surface area contributed by atoms with Gasteiger partial charge in [0.15, 0.2) is 17.2 Å². The van der Waals surface area contributed by atoms with Gasteiger partial charge in [0.2, 0.25) is 0 Å². The first-order valence-corrected chi connectivity index (χ1v) is 14.9. The van der Waals surface area contributed by atoms with Crippen LogP contribution >= 0.6 is 12.4 Å². The number of amides is 1. The van der Waals surface area contributed by atoms with Crippen LogP contribution in [0, 0.1) is 18.6 Å². The molecule has 0 unspecified atom stereocenters. The van der Waals surface area contributed by atoms with Crippen molar-refractivity contribution in [1.29, 1.82) is 0 Å². The predicted octanol–water partition coefficient (Wildman–Crippen LogP) is 4.18. The number of aromatic nitrogens is 3. The Hall–Kier alpha value is -4.92. The molecular formula is C33H35ClF2N6O6. The Bertz CT molecular complexity index is 1850. The maximum atomic E-state index is 13.9. The lowest BCUT2D eigenvalue weighted by Gasteiger charge is -2.29. The highest BCUT2D eigenvalue weighted by molar-refractivity contribution is 5.96. The van der Waals surface area contributed by atoms with Gasteiger partial charge in [0, 0.05) is 25.7 Å². The summed E-state index contributed by atoms with van der Waals surface area (Å²) in [5.74, 6) is -3.47. The molecular weight excluding hydrogens is 650 g/mol. The number of carbonyl (C=O) groups is 3. The van der Waals surface area contributed by atoms with Gasteiger partial charge in [-0.25, -0.2) is 27.9 Å². The summed E-state index contributed by atoms with van der Waals surface area (Å²) in [5, 5.41) is 15.9. The van der Waals surface area contributed by atoms with Crippen LogP contribution in [0.4, 0.5) is 14.5 Å². The van der Waals surface area contributed by atoms with Gasteiger partial charge in [-0.05, 0) is 60.2 Å². The van der Waals surface area contributed by atoms with E-state index in [-0.39, 0.29) is 42.2 Å². The Morgan fingerprint density at radius 1 is 1.17 bits per heavy atom. The molecule has 6 rings (SSSR count). The van der Waals surface area contributed by atoms with Crippen molar-refractivity contribution in [2.75, 3.05) is 37.8 Å². The smallest absolute Gasteiger partial charge is 0.354 e. The number of morpholine rings is 1. The second-order valence-electron chi connectivity index (χ2n) is 10.9. The molecule has 0 bridgehead atoms. The monoisotopic (exact) mass is 684 g/mol. The summed E-state index contributed by atoms with van der Waals surface area (Å²) in [5.41, 5.74) is 9.20. The molecule has 1 fully saturated rings. The summed E-state index contributed by atoms with van der Waals surface area (Å²) in [4.78, 5) is 42.3. The van der Waals surface area contributed by atoms with Crippen molar-refractivity contribution in [1.82, 2.24) is 19.9 Å². The summed E-state index contributed by atoms with van der Waals surface area (Å²) in [6, 6.07) is 9.12. The van der Waals surface area contributed by atoms with Crippen LogP contribution in [-0.2, 0) is 22.4 Å². The van der Waals surface area contributed by atoms with Gasteiger partial charge in [-0.3, -0.25) is 4.79 Å². The molecule has 1 saturated heterocycles. The molecule has 0 spiro atoms. The third-order valence-electron chi connectivity index (χ3n) is 8.03. The van der Waals surface area contributed by atoms with E-state index >= 15 is 0 Å². The zero-order valence-corrected chi connectivity index (χ0v) is 26.9. The highest BCUT2D eigenvalue weighted by Crippen LogP contribution is 2.35. The van der Waals surface area contributed by atoms with E-state index in [4.69, 9.17) is 15.2 Å². The maximum absolute atomic E-state index is 13.9. The van der Waals surface area contributed by atoms with Crippen molar-refractivity contribution in [2.24, 2.45) is 5.73 Å². The lowest BCUT2D eigenvalue weighted by molar-refractivity contribution is 0.0548. The van der Waals surface area contributed by atoms with Crippen LogP contribution in [-0.4, -0.2) is 70.5 Å². The number of nitrogens with zero attached hydrogens (tertiary/aromatic N) is 4. The van der Waals surface area contributed by atoms with E-state index in [0.29, 0.717) is 43.9 Å². The molecule has 48 heavy (non-hydrogen) atoms. The number of hydrogen-bond acceptors (Lipinski definition) is 9. The van der Waals surface area contributed by atoms with Crippen LogP contribution in [0.2, 0.25) is 0 Å². The Balaban J connectivity index is 0.000000273. The van der Waals surface area contributed by atoms with Crippen molar-refractivity contribution in [3.05, 3.63) is 106 Å². The Kier molecular flexibility index (Phi) is 11.8. The van der Waals surface area contributed by atoms with E-state index in [0.717, 1.165) is 52.1 Å². The van der Waals surface area contributed by atoms with Gasteiger partial charge in [-0.2, -0.15) is 5.10 Å². The highest BCUT2D eigenvalue weighted by Gasteiger charge is 2.29. The molecule has 0 saturated carbocycles. The van der Waals surface area contributed by atoms with Crippen molar-refractivity contribution in [2.45, 2.75) is 32.4 Å². The van der Waals surface area contributed by atoms with E-state index in [1.165, 1.54) is 12.1 Å². The normalized spacial score (nSPS) is 15.1. The van der Waals surface area contributed by atoms with Gasteiger partial charge >= 0.3 is 11.9 Å².